The lowest BCUT2D eigenvalue weighted by molar-refractivity contribution is -0.126. The Bertz CT molecular complexity index is 767. The summed E-state index contributed by atoms with van der Waals surface area (Å²) in [6.45, 7) is 1.10. The van der Waals surface area contributed by atoms with E-state index in [1.54, 1.807) is 19.2 Å². The summed E-state index contributed by atoms with van der Waals surface area (Å²) in [5.74, 6) is -0.396. The Morgan fingerprint density at radius 1 is 1.19 bits per heavy atom. The molecule has 1 heterocycles. The summed E-state index contributed by atoms with van der Waals surface area (Å²) >= 11 is 0. The minimum atomic E-state index is -3.21. The van der Waals surface area contributed by atoms with Gasteiger partial charge in [0.15, 0.2) is 0 Å². The number of rotatable bonds is 6. The van der Waals surface area contributed by atoms with Crippen molar-refractivity contribution in [1.29, 1.82) is 0 Å². The predicted molar refractivity (Wildman–Crippen MR) is 95.7 cm³/mol. The Balaban J connectivity index is 1.62. The fourth-order valence-corrected chi connectivity index (χ4v) is 4.48. The average Bonchev–Trinajstić information content (AvgIpc) is 3.42. The van der Waals surface area contributed by atoms with Gasteiger partial charge in [0.1, 0.15) is 5.82 Å². The van der Waals surface area contributed by atoms with Gasteiger partial charge >= 0.3 is 0 Å². The van der Waals surface area contributed by atoms with Gasteiger partial charge < -0.3 is 10.1 Å². The first-order chi connectivity index (χ1) is 12.2. The van der Waals surface area contributed by atoms with Crippen LogP contribution in [-0.2, 0) is 25.0 Å². The van der Waals surface area contributed by atoms with Crippen LogP contribution in [0, 0.1) is 5.82 Å². The quantitative estimate of drug-likeness (QED) is 0.805. The number of methoxy groups -OCH3 is 1. The minimum absolute atomic E-state index is 0.0777. The van der Waals surface area contributed by atoms with E-state index in [2.05, 4.69) is 5.32 Å². The molecule has 26 heavy (non-hydrogen) atoms. The normalized spacial score (nSPS) is 22.0. The van der Waals surface area contributed by atoms with E-state index in [0.29, 0.717) is 32.5 Å². The lowest BCUT2D eigenvalue weighted by Crippen LogP contribution is -2.54. The highest BCUT2D eigenvalue weighted by atomic mass is 32.2. The first-order valence-corrected chi connectivity index (χ1v) is 10.6. The number of benzene rings is 1. The summed E-state index contributed by atoms with van der Waals surface area (Å²) in [6.07, 6.45) is 3.74. The van der Waals surface area contributed by atoms with E-state index in [1.807, 2.05) is 0 Å². The van der Waals surface area contributed by atoms with Crippen LogP contribution in [0.2, 0.25) is 0 Å². The topological polar surface area (TPSA) is 75.7 Å². The van der Waals surface area contributed by atoms with Crippen LogP contribution in [0.4, 0.5) is 4.39 Å². The van der Waals surface area contributed by atoms with E-state index in [4.69, 9.17) is 4.74 Å². The largest absolute Gasteiger partial charge is 0.376 e. The number of nitrogens with zero attached hydrogens (tertiary/aromatic N) is 1. The van der Waals surface area contributed by atoms with Gasteiger partial charge in [-0.1, -0.05) is 12.1 Å². The number of sulfonamides is 1. The molecular weight excluding hydrogens is 359 g/mol. The van der Waals surface area contributed by atoms with Crippen LogP contribution in [0.15, 0.2) is 24.3 Å². The van der Waals surface area contributed by atoms with Crippen molar-refractivity contribution in [3.63, 3.8) is 0 Å². The van der Waals surface area contributed by atoms with E-state index in [0.717, 1.165) is 18.4 Å². The number of ether oxygens (including phenoxy) is 1. The smallest absolute Gasteiger partial charge is 0.230 e. The summed E-state index contributed by atoms with van der Waals surface area (Å²) in [7, 11) is -1.62. The second-order valence-corrected chi connectivity index (χ2v) is 9.30. The molecule has 1 aromatic rings. The lowest BCUT2D eigenvalue weighted by Gasteiger charge is -2.40. The highest BCUT2D eigenvalue weighted by Gasteiger charge is 2.51. The fourth-order valence-electron chi connectivity index (χ4n) is 3.63. The van der Waals surface area contributed by atoms with E-state index in [-0.39, 0.29) is 11.7 Å². The van der Waals surface area contributed by atoms with E-state index in [9.17, 15) is 17.6 Å². The van der Waals surface area contributed by atoms with Gasteiger partial charge in [-0.25, -0.2) is 17.1 Å². The number of nitrogens with one attached hydrogen (secondary N) is 1. The van der Waals surface area contributed by atoms with Crippen molar-refractivity contribution in [2.24, 2.45) is 0 Å². The molecule has 1 saturated carbocycles. The highest BCUT2D eigenvalue weighted by Crippen LogP contribution is 2.48. The number of hydrogen-bond acceptors (Lipinski definition) is 4. The summed E-state index contributed by atoms with van der Waals surface area (Å²) in [4.78, 5) is 12.8. The fraction of sp³-hybridized carbons (Fsp3) is 0.611. The van der Waals surface area contributed by atoms with Crippen LogP contribution < -0.4 is 5.32 Å². The summed E-state index contributed by atoms with van der Waals surface area (Å²) in [6, 6.07) is 6.08. The zero-order valence-electron chi connectivity index (χ0n) is 15.1. The summed E-state index contributed by atoms with van der Waals surface area (Å²) < 4.78 is 43.6. The Kier molecular flexibility index (Phi) is 5.11. The van der Waals surface area contributed by atoms with E-state index in [1.165, 1.54) is 22.7 Å². The highest BCUT2D eigenvalue weighted by molar-refractivity contribution is 7.88. The third-order valence-corrected chi connectivity index (χ3v) is 6.99. The maximum Gasteiger partial charge on any atom is 0.230 e. The van der Waals surface area contributed by atoms with Crippen LogP contribution in [-0.4, -0.2) is 57.2 Å². The zero-order chi connectivity index (χ0) is 19.0. The van der Waals surface area contributed by atoms with Crippen molar-refractivity contribution in [1.82, 2.24) is 9.62 Å². The standard InChI is InChI=1S/C18H25FN2O4S/c1-25-17(9-11-21(12-10-17)26(2,23)24)13-20-16(22)18(7-8-18)14-3-5-15(19)6-4-14/h3-6H,7-13H2,1-2H3,(H,20,22). The molecule has 1 aromatic carbocycles. The molecule has 2 aliphatic rings. The molecular formula is C18H25FN2O4S. The van der Waals surface area contributed by atoms with Crippen LogP contribution in [0.25, 0.3) is 0 Å². The molecule has 6 nitrogen and oxygen atoms in total. The summed E-state index contributed by atoms with van der Waals surface area (Å²) in [5, 5.41) is 2.99. The molecule has 3 rings (SSSR count). The second-order valence-electron chi connectivity index (χ2n) is 7.32. The van der Waals surface area contributed by atoms with Crippen molar-refractivity contribution in [3.05, 3.63) is 35.6 Å². The van der Waals surface area contributed by atoms with Gasteiger partial charge in [0.25, 0.3) is 0 Å². The number of amides is 1. The van der Waals surface area contributed by atoms with Crippen LogP contribution in [0.3, 0.4) is 0 Å². The number of hydrogen-bond donors (Lipinski definition) is 1. The number of carbonyl (C=O) groups is 1. The lowest BCUT2D eigenvalue weighted by atomic mass is 9.90. The Morgan fingerprint density at radius 2 is 1.77 bits per heavy atom. The van der Waals surface area contributed by atoms with E-state index < -0.39 is 21.0 Å². The second kappa shape index (κ2) is 6.90. The molecule has 0 bridgehead atoms. The molecule has 0 aromatic heterocycles. The van der Waals surface area contributed by atoms with Crippen LogP contribution >= 0.6 is 0 Å². The first kappa shape index (κ1) is 19.3. The van der Waals surface area contributed by atoms with Crippen molar-refractivity contribution in [2.45, 2.75) is 36.7 Å². The number of carbonyl (C=O) groups excluding carboxylic acids is 1. The Morgan fingerprint density at radius 3 is 2.23 bits per heavy atom. The first-order valence-electron chi connectivity index (χ1n) is 8.75. The van der Waals surface area contributed by atoms with Gasteiger partial charge in [-0.15, -0.1) is 0 Å². The van der Waals surface area contributed by atoms with Crippen molar-refractivity contribution >= 4 is 15.9 Å². The Hall–Kier alpha value is -1.51. The molecule has 1 aliphatic carbocycles. The molecule has 0 spiro atoms. The minimum Gasteiger partial charge on any atom is -0.376 e. The molecule has 1 aliphatic heterocycles. The van der Waals surface area contributed by atoms with Crippen molar-refractivity contribution < 1.29 is 22.3 Å². The average molecular weight is 384 g/mol. The van der Waals surface area contributed by atoms with Gasteiger partial charge in [0.05, 0.1) is 17.3 Å². The number of halogens is 1. The molecule has 1 amide bonds. The third-order valence-electron chi connectivity index (χ3n) is 5.69. The summed E-state index contributed by atoms with van der Waals surface area (Å²) in [5.41, 5.74) is -0.305. The predicted octanol–water partition coefficient (Wildman–Crippen LogP) is 1.41. The molecule has 144 valence electrons. The monoisotopic (exact) mass is 384 g/mol. The third kappa shape index (κ3) is 3.77. The van der Waals surface area contributed by atoms with Gasteiger partial charge in [0, 0.05) is 26.7 Å². The van der Waals surface area contributed by atoms with Crippen molar-refractivity contribution in [3.8, 4) is 0 Å². The molecule has 0 unspecified atom stereocenters. The molecule has 1 saturated heterocycles. The molecule has 8 heteroatoms. The maximum atomic E-state index is 13.1. The van der Waals surface area contributed by atoms with Gasteiger partial charge in [-0.2, -0.15) is 0 Å². The SMILES string of the molecule is COC1(CNC(=O)C2(c3ccc(F)cc3)CC2)CCN(S(C)(=O)=O)CC1. The zero-order valence-corrected chi connectivity index (χ0v) is 15.9. The molecule has 1 N–H and O–H groups in total. The molecule has 2 fully saturated rings. The van der Waals surface area contributed by atoms with Crippen molar-refractivity contribution in [2.75, 3.05) is 33.0 Å². The van der Waals surface area contributed by atoms with Crippen LogP contribution in [0.1, 0.15) is 31.2 Å². The van der Waals surface area contributed by atoms with E-state index >= 15 is 0 Å². The van der Waals surface area contributed by atoms with Gasteiger partial charge in [0.2, 0.25) is 15.9 Å². The number of piperidine rings is 1. The Labute approximate surface area is 153 Å². The van der Waals surface area contributed by atoms with Gasteiger partial charge in [-0.3, -0.25) is 4.79 Å². The molecule has 0 radical (unpaired) electrons. The van der Waals surface area contributed by atoms with Gasteiger partial charge in [-0.05, 0) is 43.4 Å². The molecule has 0 atom stereocenters. The maximum absolute atomic E-state index is 13.1. The van der Waals surface area contributed by atoms with Crippen LogP contribution in [0.5, 0.6) is 0 Å².